The zero-order valence-electron chi connectivity index (χ0n) is 9.54. The molecule has 0 fully saturated rings. The third-order valence-corrected chi connectivity index (χ3v) is 2.42. The van der Waals surface area contributed by atoms with E-state index < -0.39 is 6.04 Å². The van der Waals surface area contributed by atoms with Gasteiger partial charge in [0, 0.05) is 6.07 Å². The van der Waals surface area contributed by atoms with Gasteiger partial charge in [-0.25, -0.2) is 0 Å². The van der Waals surface area contributed by atoms with Gasteiger partial charge in [0.15, 0.2) is 5.82 Å². The van der Waals surface area contributed by atoms with E-state index >= 15 is 0 Å². The Labute approximate surface area is 103 Å². The lowest BCUT2D eigenvalue weighted by molar-refractivity contribution is -0.117. The summed E-state index contributed by atoms with van der Waals surface area (Å²) in [6.07, 6.45) is 1.74. The van der Waals surface area contributed by atoms with Crippen LogP contribution in [0.5, 0.6) is 5.75 Å². The number of nitrogens with one attached hydrogen (secondary N) is 1. The predicted octanol–water partition coefficient (Wildman–Crippen LogP) is 0.889. The topological polar surface area (TPSA) is 101 Å². The van der Waals surface area contributed by atoms with Gasteiger partial charge in [-0.3, -0.25) is 4.79 Å². The Morgan fingerprint density at radius 3 is 2.72 bits per heavy atom. The summed E-state index contributed by atoms with van der Waals surface area (Å²) >= 11 is 0. The van der Waals surface area contributed by atoms with Crippen molar-refractivity contribution in [3.63, 3.8) is 0 Å². The average Bonchev–Trinajstić information content (AvgIpc) is 2.85. The number of nitrogens with zero attached hydrogens (tertiary/aromatic N) is 1. The van der Waals surface area contributed by atoms with Gasteiger partial charge in [0.25, 0.3) is 0 Å². The predicted molar refractivity (Wildman–Crippen MR) is 64.9 cm³/mol. The van der Waals surface area contributed by atoms with Gasteiger partial charge >= 0.3 is 0 Å². The molecule has 0 saturated heterocycles. The van der Waals surface area contributed by atoms with Crippen molar-refractivity contribution in [1.29, 1.82) is 0 Å². The number of phenolic OH excluding ortho intramolecular Hbond substituents is 1. The largest absolute Gasteiger partial charge is 0.508 e. The van der Waals surface area contributed by atoms with Crippen LogP contribution in [0.25, 0.3) is 0 Å². The molecule has 4 N–H and O–H groups in total. The van der Waals surface area contributed by atoms with Crippen molar-refractivity contribution in [2.45, 2.75) is 12.5 Å². The van der Waals surface area contributed by atoms with Crippen molar-refractivity contribution >= 4 is 11.7 Å². The van der Waals surface area contributed by atoms with Crippen LogP contribution in [0.15, 0.2) is 41.1 Å². The van der Waals surface area contributed by atoms with Gasteiger partial charge < -0.3 is 20.7 Å². The monoisotopic (exact) mass is 247 g/mol. The summed E-state index contributed by atoms with van der Waals surface area (Å²) in [4.78, 5) is 11.7. The molecule has 1 atom stereocenters. The van der Waals surface area contributed by atoms with E-state index in [-0.39, 0.29) is 11.7 Å². The molecule has 0 aliphatic rings. The highest BCUT2D eigenvalue weighted by atomic mass is 16.5. The van der Waals surface area contributed by atoms with E-state index in [9.17, 15) is 4.79 Å². The Hall–Kier alpha value is -2.34. The molecule has 6 heteroatoms. The van der Waals surface area contributed by atoms with Crippen LogP contribution >= 0.6 is 0 Å². The SMILES string of the molecule is NC(Cc1ccc(O)cc1)C(=O)Nc1ccon1. The van der Waals surface area contributed by atoms with Crippen molar-refractivity contribution in [2.24, 2.45) is 5.73 Å². The number of aromatic hydroxyl groups is 1. The lowest BCUT2D eigenvalue weighted by Gasteiger charge is -2.10. The quantitative estimate of drug-likeness (QED) is 0.744. The van der Waals surface area contributed by atoms with Gasteiger partial charge in [-0.05, 0) is 24.1 Å². The number of hydrogen-bond acceptors (Lipinski definition) is 5. The van der Waals surface area contributed by atoms with Crippen molar-refractivity contribution < 1.29 is 14.4 Å². The van der Waals surface area contributed by atoms with E-state index in [2.05, 4.69) is 15.0 Å². The van der Waals surface area contributed by atoms with Crippen LogP contribution in [-0.2, 0) is 11.2 Å². The number of carbonyl (C=O) groups excluding carboxylic acids is 1. The van der Waals surface area contributed by atoms with Crippen molar-refractivity contribution in [2.75, 3.05) is 5.32 Å². The summed E-state index contributed by atoms with van der Waals surface area (Å²) in [6, 6.07) is 7.39. The Balaban J connectivity index is 1.93. The van der Waals surface area contributed by atoms with Gasteiger partial charge in [0.1, 0.15) is 12.0 Å². The van der Waals surface area contributed by atoms with Crippen LogP contribution in [0, 0.1) is 0 Å². The molecule has 0 aliphatic carbocycles. The van der Waals surface area contributed by atoms with Gasteiger partial charge in [-0.1, -0.05) is 17.3 Å². The van der Waals surface area contributed by atoms with Gasteiger partial charge in [0.2, 0.25) is 5.91 Å². The highest BCUT2D eigenvalue weighted by Gasteiger charge is 2.15. The van der Waals surface area contributed by atoms with E-state index in [4.69, 9.17) is 10.8 Å². The first kappa shape index (κ1) is 12.1. The number of aromatic nitrogens is 1. The third-order valence-electron chi connectivity index (χ3n) is 2.42. The zero-order chi connectivity index (χ0) is 13.0. The minimum Gasteiger partial charge on any atom is -0.508 e. The van der Waals surface area contributed by atoms with E-state index in [0.717, 1.165) is 5.56 Å². The van der Waals surface area contributed by atoms with Crippen molar-refractivity contribution in [3.05, 3.63) is 42.2 Å². The van der Waals surface area contributed by atoms with Crippen molar-refractivity contribution in [1.82, 2.24) is 5.16 Å². The zero-order valence-corrected chi connectivity index (χ0v) is 9.54. The molecule has 18 heavy (non-hydrogen) atoms. The molecular weight excluding hydrogens is 234 g/mol. The third kappa shape index (κ3) is 3.08. The minimum absolute atomic E-state index is 0.180. The minimum atomic E-state index is -0.689. The molecule has 0 saturated carbocycles. The number of nitrogens with two attached hydrogens (primary N) is 1. The molecule has 1 unspecified atom stereocenters. The first-order chi connectivity index (χ1) is 8.65. The number of hydrogen-bond donors (Lipinski definition) is 3. The maximum Gasteiger partial charge on any atom is 0.242 e. The molecule has 0 aliphatic heterocycles. The number of phenols is 1. The molecule has 1 amide bonds. The number of carbonyl (C=O) groups is 1. The molecule has 2 aromatic rings. The second-order valence-electron chi connectivity index (χ2n) is 3.85. The van der Waals surface area contributed by atoms with Gasteiger partial charge in [-0.2, -0.15) is 0 Å². The Kier molecular flexibility index (Phi) is 3.59. The molecular formula is C12H13N3O3. The van der Waals surface area contributed by atoms with E-state index in [1.165, 1.54) is 12.3 Å². The highest BCUT2D eigenvalue weighted by molar-refractivity contribution is 5.93. The van der Waals surface area contributed by atoms with Gasteiger partial charge in [-0.15, -0.1) is 0 Å². The maximum absolute atomic E-state index is 11.7. The van der Waals surface area contributed by atoms with E-state index in [0.29, 0.717) is 12.2 Å². The van der Waals surface area contributed by atoms with Crippen LogP contribution in [-0.4, -0.2) is 22.2 Å². The summed E-state index contributed by atoms with van der Waals surface area (Å²) < 4.78 is 4.59. The Morgan fingerprint density at radius 1 is 1.39 bits per heavy atom. The fourth-order valence-electron chi connectivity index (χ4n) is 1.47. The number of anilines is 1. The number of rotatable bonds is 4. The number of benzene rings is 1. The summed E-state index contributed by atoms with van der Waals surface area (Å²) in [5, 5.41) is 15.2. The summed E-state index contributed by atoms with van der Waals surface area (Å²) in [7, 11) is 0. The second-order valence-corrected chi connectivity index (χ2v) is 3.85. The summed E-state index contributed by atoms with van der Waals surface area (Å²) in [5.41, 5.74) is 6.64. The summed E-state index contributed by atoms with van der Waals surface area (Å²) in [5.74, 6) is 0.178. The van der Waals surface area contributed by atoms with Crippen LogP contribution in [0.3, 0.4) is 0 Å². The molecule has 1 heterocycles. The molecule has 0 bridgehead atoms. The lowest BCUT2D eigenvalue weighted by Crippen LogP contribution is -2.37. The normalized spacial score (nSPS) is 12.1. The fourth-order valence-corrected chi connectivity index (χ4v) is 1.47. The van der Waals surface area contributed by atoms with Crippen LogP contribution < -0.4 is 11.1 Å². The highest BCUT2D eigenvalue weighted by Crippen LogP contribution is 2.11. The molecule has 0 spiro atoms. The molecule has 0 radical (unpaired) electrons. The standard InChI is InChI=1S/C12H13N3O3/c13-10(7-8-1-3-9(16)4-2-8)12(17)14-11-5-6-18-15-11/h1-6,10,16H,7,13H2,(H,14,15,17). The summed E-state index contributed by atoms with van der Waals surface area (Å²) in [6.45, 7) is 0. The van der Waals surface area contributed by atoms with Crippen LogP contribution in [0.1, 0.15) is 5.56 Å². The van der Waals surface area contributed by atoms with Gasteiger partial charge in [0.05, 0.1) is 6.04 Å². The fraction of sp³-hybridized carbons (Fsp3) is 0.167. The first-order valence-electron chi connectivity index (χ1n) is 5.40. The number of amides is 1. The van der Waals surface area contributed by atoms with Crippen molar-refractivity contribution in [3.8, 4) is 5.75 Å². The molecule has 94 valence electrons. The molecule has 6 nitrogen and oxygen atoms in total. The smallest absolute Gasteiger partial charge is 0.242 e. The van der Waals surface area contributed by atoms with Crippen LogP contribution in [0.4, 0.5) is 5.82 Å². The van der Waals surface area contributed by atoms with E-state index in [1.807, 2.05) is 0 Å². The maximum atomic E-state index is 11.7. The Bertz CT molecular complexity index is 508. The average molecular weight is 247 g/mol. The first-order valence-corrected chi connectivity index (χ1v) is 5.40. The molecule has 2 rings (SSSR count). The van der Waals surface area contributed by atoms with E-state index in [1.54, 1.807) is 24.3 Å². The Morgan fingerprint density at radius 2 is 2.11 bits per heavy atom. The molecule has 1 aromatic carbocycles. The molecule has 1 aromatic heterocycles. The lowest BCUT2D eigenvalue weighted by atomic mass is 10.1. The van der Waals surface area contributed by atoms with Crippen LogP contribution in [0.2, 0.25) is 0 Å². The second kappa shape index (κ2) is 5.33.